The van der Waals surface area contributed by atoms with Crippen molar-refractivity contribution in [3.05, 3.63) is 5.89 Å². The van der Waals surface area contributed by atoms with Crippen LogP contribution in [0.5, 0.6) is 0 Å². The Labute approximate surface area is 171 Å². The van der Waals surface area contributed by atoms with Gasteiger partial charge in [0.25, 0.3) is 11.1 Å². The van der Waals surface area contributed by atoms with Gasteiger partial charge < -0.3 is 19.4 Å². The molecule has 0 bridgehead atoms. The highest BCUT2D eigenvalue weighted by Crippen LogP contribution is 2.29. The fourth-order valence-electron chi connectivity index (χ4n) is 3.43. The topological polar surface area (TPSA) is 97.6 Å². The summed E-state index contributed by atoms with van der Waals surface area (Å²) < 4.78 is 11.1. The van der Waals surface area contributed by atoms with Crippen LogP contribution in [0.4, 0.5) is 0 Å². The molecular weight excluding hydrogens is 380 g/mol. The van der Waals surface area contributed by atoms with Crippen LogP contribution in [0.25, 0.3) is 0 Å². The van der Waals surface area contributed by atoms with E-state index in [-0.39, 0.29) is 17.7 Å². The van der Waals surface area contributed by atoms with Crippen LogP contribution in [0.2, 0.25) is 0 Å². The molecule has 9 heteroatoms. The lowest BCUT2D eigenvalue weighted by Gasteiger charge is -2.39. The number of rotatable bonds is 12. The Morgan fingerprint density at radius 3 is 2.71 bits per heavy atom. The minimum absolute atomic E-state index is 0.0495. The first-order valence-electron chi connectivity index (χ1n) is 9.85. The molecule has 0 aliphatic heterocycles. The lowest BCUT2D eigenvalue weighted by molar-refractivity contribution is -0.124. The molecule has 1 aromatic rings. The SMILES string of the molecule is CNCCSc1nnc(C(=O)C(CC(C)(C)OC)N(C=O)C2CCCCC2)o1. The van der Waals surface area contributed by atoms with Crippen LogP contribution < -0.4 is 5.32 Å². The van der Waals surface area contributed by atoms with Crippen LogP contribution in [-0.4, -0.2) is 71.4 Å². The number of Topliss-reactive ketones (excluding diaryl/α,β-unsaturated/α-hetero) is 1. The molecule has 1 aliphatic rings. The van der Waals surface area contributed by atoms with E-state index in [1.165, 1.54) is 18.2 Å². The molecule has 0 spiro atoms. The number of ether oxygens (including phenoxy) is 1. The fourth-order valence-corrected chi connectivity index (χ4v) is 4.14. The fraction of sp³-hybridized carbons (Fsp3) is 0.789. The van der Waals surface area contributed by atoms with Gasteiger partial charge in [0.2, 0.25) is 12.2 Å². The molecule has 1 heterocycles. The van der Waals surface area contributed by atoms with Crippen molar-refractivity contribution in [2.24, 2.45) is 0 Å². The van der Waals surface area contributed by atoms with E-state index in [2.05, 4.69) is 15.5 Å². The average molecular weight is 413 g/mol. The number of amides is 1. The number of carbonyl (C=O) groups is 2. The molecule has 1 atom stereocenters. The number of aromatic nitrogens is 2. The molecule has 0 saturated heterocycles. The van der Waals surface area contributed by atoms with Gasteiger partial charge in [-0.25, -0.2) is 0 Å². The Balaban J connectivity index is 2.21. The van der Waals surface area contributed by atoms with E-state index in [9.17, 15) is 9.59 Å². The Kier molecular flexibility index (Phi) is 8.91. The molecule has 2 rings (SSSR count). The van der Waals surface area contributed by atoms with E-state index in [0.29, 0.717) is 11.6 Å². The third kappa shape index (κ3) is 6.28. The molecule has 1 aromatic heterocycles. The van der Waals surface area contributed by atoms with Gasteiger partial charge in [0, 0.05) is 31.9 Å². The van der Waals surface area contributed by atoms with Crippen LogP contribution in [-0.2, 0) is 9.53 Å². The number of hydrogen-bond donors (Lipinski definition) is 1. The van der Waals surface area contributed by atoms with E-state index in [0.717, 1.165) is 44.4 Å². The predicted octanol–water partition coefficient (Wildman–Crippen LogP) is 2.54. The lowest BCUT2D eigenvalue weighted by Crippen LogP contribution is -2.50. The molecule has 0 radical (unpaired) electrons. The minimum atomic E-state index is -0.689. The van der Waals surface area contributed by atoms with E-state index in [1.54, 1.807) is 12.0 Å². The quantitative estimate of drug-likeness (QED) is 0.242. The summed E-state index contributed by atoms with van der Waals surface area (Å²) in [7, 11) is 3.47. The number of thioether (sulfide) groups is 1. The normalized spacial score (nSPS) is 16.7. The summed E-state index contributed by atoms with van der Waals surface area (Å²) in [6.45, 7) is 4.61. The molecule has 1 fully saturated rings. The van der Waals surface area contributed by atoms with E-state index < -0.39 is 11.6 Å². The molecule has 1 amide bonds. The Hall–Kier alpha value is -1.45. The molecule has 1 N–H and O–H groups in total. The smallest absolute Gasteiger partial charge is 0.286 e. The van der Waals surface area contributed by atoms with Crippen molar-refractivity contribution in [3.8, 4) is 0 Å². The second kappa shape index (κ2) is 10.9. The highest BCUT2D eigenvalue weighted by molar-refractivity contribution is 7.99. The first-order chi connectivity index (χ1) is 13.4. The van der Waals surface area contributed by atoms with Crippen LogP contribution in [0.15, 0.2) is 9.64 Å². The number of nitrogens with zero attached hydrogens (tertiary/aromatic N) is 3. The third-order valence-corrected chi connectivity index (χ3v) is 6.03. The summed E-state index contributed by atoms with van der Waals surface area (Å²) in [5.74, 6) is 0.386. The monoisotopic (exact) mass is 412 g/mol. The summed E-state index contributed by atoms with van der Waals surface area (Å²) >= 11 is 1.39. The van der Waals surface area contributed by atoms with Gasteiger partial charge in [-0.15, -0.1) is 10.2 Å². The average Bonchev–Trinajstić information content (AvgIpc) is 3.17. The summed E-state index contributed by atoms with van der Waals surface area (Å²) in [5, 5.41) is 11.3. The zero-order valence-electron chi connectivity index (χ0n) is 17.3. The molecule has 158 valence electrons. The van der Waals surface area contributed by atoms with Crippen LogP contribution >= 0.6 is 11.8 Å². The Morgan fingerprint density at radius 1 is 1.39 bits per heavy atom. The number of methoxy groups -OCH3 is 1. The molecule has 28 heavy (non-hydrogen) atoms. The second-order valence-corrected chi connectivity index (χ2v) is 8.76. The third-order valence-electron chi connectivity index (χ3n) is 5.21. The van der Waals surface area contributed by atoms with Crippen molar-refractivity contribution < 1.29 is 18.7 Å². The van der Waals surface area contributed by atoms with Crippen molar-refractivity contribution in [2.75, 3.05) is 26.5 Å². The first kappa shape index (κ1) is 22.8. The first-order valence-corrected chi connectivity index (χ1v) is 10.8. The van der Waals surface area contributed by atoms with Crippen molar-refractivity contribution in [2.45, 2.75) is 75.3 Å². The number of ketones is 1. The van der Waals surface area contributed by atoms with Gasteiger partial charge in [-0.3, -0.25) is 9.59 Å². The van der Waals surface area contributed by atoms with Gasteiger partial charge in [-0.05, 0) is 33.7 Å². The second-order valence-electron chi connectivity index (χ2n) is 7.72. The standard InChI is InChI=1S/C19H32N4O4S/c1-19(2,26-4)12-15(23(13-24)14-8-6-5-7-9-14)16(25)17-21-22-18(27-17)28-11-10-20-3/h13-15,20H,5-12H2,1-4H3. The van der Waals surface area contributed by atoms with Gasteiger partial charge in [0.05, 0.1) is 5.60 Å². The summed E-state index contributed by atoms with van der Waals surface area (Å²) in [6.07, 6.45) is 6.27. The molecular formula is C19H32N4O4S. The number of carbonyl (C=O) groups excluding carboxylic acids is 2. The Morgan fingerprint density at radius 2 is 2.11 bits per heavy atom. The largest absolute Gasteiger partial charge is 0.408 e. The van der Waals surface area contributed by atoms with Gasteiger partial charge in [0.15, 0.2) is 0 Å². The molecule has 1 saturated carbocycles. The summed E-state index contributed by atoms with van der Waals surface area (Å²) in [5.41, 5.74) is -0.569. The maximum atomic E-state index is 13.3. The van der Waals surface area contributed by atoms with E-state index >= 15 is 0 Å². The predicted molar refractivity (Wildman–Crippen MR) is 108 cm³/mol. The van der Waals surface area contributed by atoms with Gasteiger partial charge >= 0.3 is 0 Å². The van der Waals surface area contributed by atoms with Crippen molar-refractivity contribution in [1.29, 1.82) is 0 Å². The van der Waals surface area contributed by atoms with Crippen molar-refractivity contribution in [3.63, 3.8) is 0 Å². The zero-order chi connectivity index (χ0) is 20.6. The number of hydrogen-bond acceptors (Lipinski definition) is 8. The maximum absolute atomic E-state index is 13.3. The van der Waals surface area contributed by atoms with Crippen LogP contribution in [0.1, 0.15) is 63.1 Å². The van der Waals surface area contributed by atoms with Crippen LogP contribution in [0, 0.1) is 0 Å². The summed E-state index contributed by atoms with van der Waals surface area (Å²) in [6, 6.07) is -0.633. The minimum Gasteiger partial charge on any atom is -0.408 e. The van der Waals surface area contributed by atoms with Gasteiger partial charge in [-0.1, -0.05) is 31.0 Å². The Bertz CT molecular complexity index is 631. The highest BCUT2D eigenvalue weighted by atomic mass is 32.2. The molecule has 0 aromatic carbocycles. The van der Waals surface area contributed by atoms with E-state index in [1.807, 2.05) is 20.9 Å². The molecule has 1 aliphatic carbocycles. The summed E-state index contributed by atoms with van der Waals surface area (Å²) in [4.78, 5) is 26.9. The maximum Gasteiger partial charge on any atom is 0.286 e. The van der Waals surface area contributed by atoms with Gasteiger partial charge in [-0.2, -0.15) is 0 Å². The van der Waals surface area contributed by atoms with Gasteiger partial charge in [0.1, 0.15) is 6.04 Å². The molecule has 8 nitrogen and oxygen atoms in total. The highest BCUT2D eigenvalue weighted by Gasteiger charge is 2.38. The lowest BCUT2D eigenvalue weighted by atomic mass is 9.89. The zero-order valence-corrected chi connectivity index (χ0v) is 18.1. The van der Waals surface area contributed by atoms with Crippen molar-refractivity contribution in [1.82, 2.24) is 20.4 Å². The van der Waals surface area contributed by atoms with Crippen LogP contribution in [0.3, 0.4) is 0 Å². The molecule has 1 unspecified atom stereocenters. The number of nitrogens with one attached hydrogen (secondary N) is 1. The van der Waals surface area contributed by atoms with Crippen molar-refractivity contribution >= 4 is 24.0 Å². The van der Waals surface area contributed by atoms with E-state index in [4.69, 9.17) is 9.15 Å².